The van der Waals surface area contributed by atoms with Gasteiger partial charge in [-0.05, 0) is 29.8 Å². The van der Waals surface area contributed by atoms with E-state index >= 15 is 0 Å². The van der Waals surface area contributed by atoms with Gasteiger partial charge in [0.05, 0.1) is 18.7 Å². The highest BCUT2D eigenvalue weighted by molar-refractivity contribution is 5.37. The number of benzene rings is 2. The van der Waals surface area contributed by atoms with Crippen LogP contribution in [0.3, 0.4) is 0 Å². The van der Waals surface area contributed by atoms with Gasteiger partial charge in [0.2, 0.25) is 0 Å². The maximum Gasteiger partial charge on any atom is 0.191 e. The molecule has 2 aromatic rings. The summed E-state index contributed by atoms with van der Waals surface area (Å²) in [5.41, 5.74) is 0.658. The van der Waals surface area contributed by atoms with Crippen molar-refractivity contribution in [3.8, 4) is 17.6 Å². The molecule has 0 radical (unpaired) electrons. The van der Waals surface area contributed by atoms with Gasteiger partial charge in [-0.15, -0.1) is 0 Å². The van der Waals surface area contributed by atoms with Gasteiger partial charge in [-0.2, -0.15) is 5.26 Å². The minimum atomic E-state index is -0.893. The Hall–Kier alpha value is -2.61. The summed E-state index contributed by atoms with van der Waals surface area (Å²) in [6.45, 7) is 0.0176. The topological polar surface area (TPSA) is 42.2 Å². The molecule has 0 heterocycles. The van der Waals surface area contributed by atoms with Crippen LogP contribution in [0.25, 0.3) is 0 Å². The van der Waals surface area contributed by atoms with Crippen LogP contribution < -0.4 is 9.47 Å². The lowest BCUT2D eigenvalue weighted by molar-refractivity contribution is 0.274. The molecule has 0 atom stereocenters. The number of hydrogen-bond donors (Lipinski definition) is 0. The minimum Gasteiger partial charge on any atom is -0.497 e. The molecule has 3 nitrogen and oxygen atoms in total. The van der Waals surface area contributed by atoms with Crippen LogP contribution in [0.1, 0.15) is 11.1 Å². The van der Waals surface area contributed by atoms with E-state index in [0.29, 0.717) is 5.75 Å². The fourth-order valence-corrected chi connectivity index (χ4v) is 1.64. The number of hydrogen-bond acceptors (Lipinski definition) is 3. The number of nitriles is 1. The number of nitrogens with zero attached hydrogens (tertiary/aromatic N) is 1. The Bertz CT molecular complexity index is 625. The van der Waals surface area contributed by atoms with Gasteiger partial charge in [-0.25, -0.2) is 8.78 Å². The Balaban J connectivity index is 2.12. The summed E-state index contributed by atoms with van der Waals surface area (Å²) in [7, 11) is 1.55. The van der Waals surface area contributed by atoms with Crippen molar-refractivity contribution in [3.63, 3.8) is 0 Å². The van der Waals surface area contributed by atoms with Crippen molar-refractivity contribution in [2.75, 3.05) is 7.11 Å². The number of rotatable bonds is 4. The lowest BCUT2D eigenvalue weighted by Gasteiger charge is -2.09. The molecule has 5 heteroatoms. The second kappa shape index (κ2) is 6.02. The van der Waals surface area contributed by atoms with E-state index in [9.17, 15) is 8.78 Å². The Labute approximate surface area is 115 Å². The third kappa shape index (κ3) is 3.04. The average Bonchev–Trinajstić information content (AvgIpc) is 2.46. The molecule has 0 N–H and O–H groups in total. The lowest BCUT2D eigenvalue weighted by Crippen LogP contribution is -2.00. The van der Waals surface area contributed by atoms with Crippen LogP contribution in [0.15, 0.2) is 36.4 Å². The molecule has 0 bridgehead atoms. The molecule has 2 rings (SSSR count). The Morgan fingerprint density at radius 3 is 2.20 bits per heavy atom. The highest BCUT2D eigenvalue weighted by Gasteiger charge is 2.12. The number of ether oxygens (including phenoxy) is 2. The van der Waals surface area contributed by atoms with Crippen molar-refractivity contribution >= 4 is 0 Å². The van der Waals surface area contributed by atoms with Gasteiger partial charge in [0.15, 0.2) is 17.4 Å². The zero-order valence-electron chi connectivity index (χ0n) is 10.7. The Kier molecular flexibility index (Phi) is 4.16. The summed E-state index contributed by atoms with van der Waals surface area (Å²) < 4.78 is 37.3. The zero-order chi connectivity index (χ0) is 14.5. The molecule has 0 aliphatic carbocycles. The maximum absolute atomic E-state index is 13.6. The van der Waals surface area contributed by atoms with Crippen molar-refractivity contribution in [3.05, 3.63) is 59.2 Å². The lowest BCUT2D eigenvalue weighted by atomic mass is 10.2. The first-order valence-corrected chi connectivity index (χ1v) is 5.79. The van der Waals surface area contributed by atoms with Gasteiger partial charge in [-0.1, -0.05) is 12.1 Å². The molecule has 2 aromatic carbocycles. The Morgan fingerprint density at radius 1 is 1.10 bits per heavy atom. The highest BCUT2D eigenvalue weighted by atomic mass is 19.1. The van der Waals surface area contributed by atoms with Crippen LogP contribution >= 0.6 is 0 Å². The third-order valence-corrected chi connectivity index (χ3v) is 2.67. The van der Waals surface area contributed by atoms with Crippen molar-refractivity contribution in [1.29, 1.82) is 5.26 Å². The monoisotopic (exact) mass is 275 g/mol. The van der Waals surface area contributed by atoms with E-state index in [1.165, 1.54) is 0 Å². The summed E-state index contributed by atoms with van der Waals surface area (Å²) in [6.07, 6.45) is 0. The first-order valence-electron chi connectivity index (χ1n) is 5.79. The van der Waals surface area contributed by atoms with E-state index in [-0.39, 0.29) is 12.2 Å². The van der Waals surface area contributed by atoms with E-state index < -0.39 is 17.4 Å². The van der Waals surface area contributed by atoms with E-state index in [1.807, 2.05) is 0 Å². The van der Waals surface area contributed by atoms with E-state index in [2.05, 4.69) is 0 Å². The van der Waals surface area contributed by atoms with Crippen LogP contribution in [-0.4, -0.2) is 7.11 Å². The normalized spacial score (nSPS) is 9.90. The fraction of sp³-hybridized carbons (Fsp3) is 0.133. The molecule has 102 valence electrons. The molecule has 0 amide bonds. The molecule has 0 aliphatic heterocycles. The molecule has 0 unspecified atom stereocenters. The molecule has 0 fully saturated rings. The number of halogens is 2. The first kappa shape index (κ1) is 13.8. The molecular weight excluding hydrogens is 264 g/mol. The molecule has 0 saturated heterocycles. The predicted molar refractivity (Wildman–Crippen MR) is 68.4 cm³/mol. The Morgan fingerprint density at radius 2 is 1.70 bits per heavy atom. The summed E-state index contributed by atoms with van der Waals surface area (Å²) >= 11 is 0. The molecule has 0 spiro atoms. The highest BCUT2D eigenvalue weighted by Crippen LogP contribution is 2.24. The average molecular weight is 275 g/mol. The van der Waals surface area contributed by atoms with Crippen LogP contribution in [0, 0.1) is 23.0 Å². The summed E-state index contributed by atoms with van der Waals surface area (Å²) in [4.78, 5) is 0. The summed E-state index contributed by atoms with van der Waals surface area (Å²) in [5, 5.41) is 8.60. The minimum absolute atomic E-state index is 0.0176. The van der Waals surface area contributed by atoms with Crippen LogP contribution in [0.2, 0.25) is 0 Å². The van der Waals surface area contributed by atoms with Gasteiger partial charge in [0.1, 0.15) is 12.4 Å². The van der Waals surface area contributed by atoms with E-state index in [1.54, 1.807) is 37.4 Å². The fourth-order valence-electron chi connectivity index (χ4n) is 1.64. The quantitative estimate of drug-likeness (QED) is 0.858. The maximum atomic E-state index is 13.6. The van der Waals surface area contributed by atoms with Gasteiger partial charge >= 0.3 is 0 Å². The van der Waals surface area contributed by atoms with Crippen molar-refractivity contribution in [1.82, 2.24) is 0 Å². The largest absolute Gasteiger partial charge is 0.497 e. The molecular formula is C15H11F2NO2. The van der Waals surface area contributed by atoms with Crippen LogP contribution in [0.4, 0.5) is 8.78 Å². The van der Waals surface area contributed by atoms with Gasteiger partial charge in [0.25, 0.3) is 0 Å². The second-order valence-corrected chi connectivity index (χ2v) is 4.02. The van der Waals surface area contributed by atoms with E-state index in [4.69, 9.17) is 14.7 Å². The van der Waals surface area contributed by atoms with Gasteiger partial charge in [0, 0.05) is 0 Å². The summed E-state index contributed by atoms with van der Waals surface area (Å²) in [5.74, 6) is -1.59. The standard InChI is InChI=1S/C15H11F2NO2/c1-19-12-4-2-10(3-5-12)9-20-15-13(16)6-11(8-18)7-14(15)17/h2-7H,9H2,1H3. The van der Waals surface area contributed by atoms with Gasteiger partial charge < -0.3 is 9.47 Å². The van der Waals surface area contributed by atoms with Gasteiger partial charge in [-0.3, -0.25) is 0 Å². The van der Waals surface area contributed by atoms with E-state index in [0.717, 1.165) is 17.7 Å². The molecule has 0 saturated carbocycles. The van der Waals surface area contributed by atoms with Crippen molar-refractivity contribution < 1.29 is 18.3 Å². The van der Waals surface area contributed by atoms with Crippen LogP contribution in [-0.2, 0) is 6.61 Å². The number of methoxy groups -OCH3 is 1. The molecule has 0 aliphatic rings. The van der Waals surface area contributed by atoms with Crippen molar-refractivity contribution in [2.45, 2.75) is 6.61 Å². The van der Waals surface area contributed by atoms with Crippen molar-refractivity contribution in [2.24, 2.45) is 0 Å². The SMILES string of the molecule is COc1ccc(COc2c(F)cc(C#N)cc2F)cc1. The third-order valence-electron chi connectivity index (χ3n) is 2.67. The second-order valence-electron chi connectivity index (χ2n) is 4.02. The first-order chi connectivity index (χ1) is 9.63. The summed E-state index contributed by atoms with van der Waals surface area (Å²) in [6, 6.07) is 10.5. The predicted octanol–water partition coefficient (Wildman–Crippen LogP) is 3.42. The molecule has 0 aromatic heterocycles. The van der Waals surface area contributed by atoms with Crippen LogP contribution in [0.5, 0.6) is 11.5 Å². The zero-order valence-corrected chi connectivity index (χ0v) is 10.7. The smallest absolute Gasteiger partial charge is 0.191 e. The molecule has 20 heavy (non-hydrogen) atoms.